The second-order valence-electron chi connectivity index (χ2n) is 6.12. The van der Waals surface area contributed by atoms with Gasteiger partial charge < -0.3 is 14.4 Å². The molecule has 138 valence electrons. The number of nitrogens with one attached hydrogen (secondary N) is 1. The van der Waals surface area contributed by atoms with Crippen molar-refractivity contribution in [2.24, 2.45) is 5.10 Å². The van der Waals surface area contributed by atoms with Crippen LogP contribution in [0.2, 0.25) is 0 Å². The first-order chi connectivity index (χ1) is 13.0. The molecule has 0 spiro atoms. The molecule has 0 saturated heterocycles. The maximum Gasteiger partial charge on any atom is 0.271 e. The molecule has 1 amide bonds. The third-order valence-electron chi connectivity index (χ3n) is 4.26. The van der Waals surface area contributed by atoms with Gasteiger partial charge in [0.25, 0.3) is 5.91 Å². The molecule has 1 heterocycles. The molecule has 6 heteroatoms. The minimum absolute atomic E-state index is 0.0515. The van der Waals surface area contributed by atoms with Crippen molar-refractivity contribution in [1.29, 1.82) is 0 Å². The molecule has 2 aromatic carbocycles. The van der Waals surface area contributed by atoms with Crippen LogP contribution >= 0.6 is 0 Å². The SMILES string of the molecule is COc1ccc(O)c(C=NNC(=O)c2ccc(-n3c(C)ccc3C)cc2)c1. The molecule has 0 unspecified atom stereocenters. The summed E-state index contributed by atoms with van der Waals surface area (Å²) in [7, 11) is 1.54. The van der Waals surface area contributed by atoms with Gasteiger partial charge in [0.05, 0.1) is 13.3 Å². The maximum atomic E-state index is 12.3. The number of hydrogen-bond acceptors (Lipinski definition) is 4. The summed E-state index contributed by atoms with van der Waals surface area (Å²) in [6.07, 6.45) is 1.37. The number of phenols is 1. The summed E-state index contributed by atoms with van der Waals surface area (Å²) in [6.45, 7) is 4.08. The number of rotatable bonds is 5. The van der Waals surface area contributed by atoms with E-state index in [0.29, 0.717) is 16.9 Å². The number of aryl methyl sites for hydroxylation is 2. The van der Waals surface area contributed by atoms with E-state index in [-0.39, 0.29) is 11.7 Å². The number of carbonyl (C=O) groups excluding carboxylic acids is 1. The van der Waals surface area contributed by atoms with Crippen molar-refractivity contribution < 1.29 is 14.6 Å². The van der Waals surface area contributed by atoms with Gasteiger partial charge in [0.2, 0.25) is 0 Å². The van der Waals surface area contributed by atoms with E-state index in [1.165, 1.54) is 19.4 Å². The van der Waals surface area contributed by atoms with Gasteiger partial charge in [0.1, 0.15) is 11.5 Å². The standard InChI is InChI=1S/C21H21N3O3/c1-14-4-5-15(2)24(14)18-8-6-16(7-9-18)21(26)23-22-13-17-12-19(27-3)10-11-20(17)25/h4-13,25H,1-3H3,(H,23,26). The van der Waals surface area contributed by atoms with Crippen LogP contribution in [0.5, 0.6) is 11.5 Å². The van der Waals surface area contributed by atoms with Crippen molar-refractivity contribution >= 4 is 12.1 Å². The van der Waals surface area contributed by atoms with E-state index < -0.39 is 0 Å². The van der Waals surface area contributed by atoms with Gasteiger partial charge in [-0.3, -0.25) is 4.79 Å². The van der Waals surface area contributed by atoms with Gasteiger partial charge in [-0.25, -0.2) is 5.43 Å². The number of hydrazone groups is 1. The van der Waals surface area contributed by atoms with Crippen LogP contribution in [-0.2, 0) is 0 Å². The fraction of sp³-hybridized carbons (Fsp3) is 0.143. The minimum Gasteiger partial charge on any atom is -0.507 e. The fourth-order valence-electron chi connectivity index (χ4n) is 2.83. The smallest absolute Gasteiger partial charge is 0.271 e. The number of hydrogen-bond donors (Lipinski definition) is 2. The predicted molar refractivity (Wildman–Crippen MR) is 105 cm³/mol. The summed E-state index contributed by atoms with van der Waals surface area (Å²) in [6, 6.07) is 16.2. The molecule has 3 rings (SSSR count). The van der Waals surface area contributed by atoms with Crippen LogP contribution < -0.4 is 10.2 Å². The Labute approximate surface area is 157 Å². The molecular formula is C21H21N3O3. The molecule has 0 aliphatic carbocycles. The number of aromatic hydroxyl groups is 1. The number of ether oxygens (including phenoxy) is 1. The molecule has 0 bridgehead atoms. The van der Waals surface area contributed by atoms with Gasteiger partial charge >= 0.3 is 0 Å². The number of nitrogens with zero attached hydrogens (tertiary/aromatic N) is 2. The van der Waals surface area contributed by atoms with Gasteiger partial charge in [0.15, 0.2) is 0 Å². The van der Waals surface area contributed by atoms with E-state index in [0.717, 1.165) is 17.1 Å². The van der Waals surface area contributed by atoms with Crippen molar-refractivity contribution in [2.75, 3.05) is 7.11 Å². The lowest BCUT2D eigenvalue weighted by Gasteiger charge is -2.10. The van der Waals surface area contributed by atoms with Crippen molar-refractivity contribution in [3.8, 4) is 17.2 Å². The van der Waals surface area contributed by atoms with Crippen molar-refractivity contribution in [1.82, 2.24) is 9.99 Å². The molecule has 0 aliphatic rings. The average Bonchev–Trinajstić information content (AvgIpc) is 3.01. The zero-order chi connectivity index (χ0) is 19.4. The van der Waals surface area contributed by atoms with Crippen LogP contribution in [0, 0.1) is 13.8 Å². The van der Waals surface area contributed by atoms with Crippen LogP contribution in [0.4, 0.5) is 0 Å². The molecule has 27 heavy (non-hydrogen) atoms. The highest BCUT2D eigenvalue weighted by atomic mass is 16.5. The second-order valence-corrected chi connectivity index (χ2v) is 6.12. The van der Waals surface area contributed by atoms with Gasteiger partial charge in [-0.05, 0) is 68.4 Å². The van der Waals surface area contributed by atoms with Crippen LogP contribution in [0.3, 0.4) is 0 Å². The number of methoxy groups -OCH3 is 1. The molecule has 0 radical (unpaired) electrons. The Balaban J connectivity index is 1.70. The summed E-state index contributed by atoms with van der Waals surface area (Å²) < 4.78 is 7.22. The van der Waals surface area contributed by atoms with Crippen molar-refractivity contribution in [2.45, 2.75) is 13.8 Å². The summed E-state index contributed by atoms with van der Waals surface area (Å²) in [5, 5.41) is 13.7. The Morgan fingerprint density at radius 3 is 2.37 bits per heavy atom. The second kappa shape index (κ2) is 7.78. The summed E-state index contributed by atoms with van der Waals surface area (Å²) >= 11 is 0. The zero-order valence-electron chi connectivity index (χ0n) is 15.4. The molecule has 0 aliphatic heterocycles. The number of phenolic OH excluding ortho intramolecular Hbond substituents is 1. The topological polar surface area (TPSA) is 75.8 Å². The van der Waals surface area contributed by atoms with Crippen LogP contribution in [-0.4, -0.2) is 28.9 Å². The third-order valence-corrected chi connectivity index (χ3v) is 4.26. The average molecular weight is 363 g/mol. The van der Waals surface area contributed by atoms with E-state index in [1.807, 2.05) is 26.0 Å². The molecule has 1 aromatic heterocycles. The minimum atomic E-state index is -0.332. The van der Waals surface area contributed by atoms with E-state index in [1.54, 1.807) is 24.3 Å². The van der Waals surface area contributed by atoms with Gasteiger partial charge in [-0.2, -0.15) is 5.10 Å². The quantitative estimate of drug-likeness (QED) is 0.537. The summed E-state index contributed by atoms with van der Waals surface area (Å²) in [4.78, 5) is 12.3. The Morgan fingerprint density at radius 2 is 1.74 bits per heavy atom. The highest BCUT2D eigenvalue weighted by molar-refractivity contribution is 5.95. The van der Waals surface area contributed by atoms with Crippen LogP contribution in [0.1, 0.15) is 27.3 Å². The molecule has 0 fully saturated rings. The Kier molecular flexibility index (Phi) is 5.26. The first-order valence-corrected chi connectivity index (χ1v) is 8.45. The van der Waals surface area contributed by atoms with Gasteiger partial charge in [-0.1, -0.05) is 0 Å². The Morgan fingerprint density at radius 1 is 1.07 bits per heavy atom. The predicted octanol–water partition coefficient (Wildman–Crippen LogP) is 3.57. The van der Waals surface area contributed by atoms with E-state index >= 15 is 0 Å². The molecule has 0 saturated carbocycles. The van der Waals surface area contributed by atoms with Crippen LogP contribution in [0.25, 0.3) is 5.69 Å². The number of amides is 1. The normalized spacial score (nSPS) is 10.9. The Bertz CT molecular complexity index is 969. The first kappa shape index (κ1) is 18.3. The lowest BCUT2D eigenvalue weighted by Crippen LogP contribution is -2.17. The van der Waals surface area contributed by atoms with E-state index in [9.17, 15) is 9.90 Å². The highest BCUT2D eigenvalue weighted by Crippen LogP contribution is 2.21. The summed E-state index contributed by atoms with van der Waals surface area (Å²) in [5.41, 5.74) is 6.66. The highest BCUT2D eigenvalue weighted by Gasteiger charge is 2.07. The monoisotopic (exact) mass is 363 g/mol. The molecule has 6 nitrogen and oxygen atoms in total. The molecule has 2 N–H and O–H groups in total. The Hall–Kier alpha value is -3.54. The number of carbonyl (C=O) groups is 1. The first-order valence-electron chi connectivity index (χ1n) is 8.45. The third kappa shape index (κ3) is 4.00. The van der Waals surface area contributed by atoms with E-state index in [2.05, 4.69) is 27.2 Å². The van der Waals surface area contributed by atoms with Crippen molar-refractivity contribution in [3.05, 3.63) is 77.1 Å². The van der Waals surface area contributed by atoms with Crippen LogP contribution in [0.15, 0.2) is 59.7 Å². The lowest BCUT2D eigenvalue weighted by molar-refractivity contribution is 0.0955. The van der Waals surface area contributed by atoms with Gasteiger partial charge in [0, 0.05) is 28.2 Å². The van der Waals surface area contributed by atoms with Crippen molar-refractivity contribution in [3.63, 3.8) is 0 Å². The maximum absolute atomic E-state index is 12.3. The number of benzene rings is 2. The molecule has 3 aromatic rings. The largest absolute Gasteiger partial charge is 0.507 e. The zero-order valence-corrected chi connectivity index (χ0v) is 15.4. The van der Waals surface area contributed by atoms with E-state index in [4.69, 9.17) is 4.74 Å². The lowest BCUT2D eigenvalue weighted by atomic mass is 10.2. The summed E-state index contributed by atoms with van der Waals surface area (Å²) in [5.74, 6) is 0.309. The van der Waals surface area contributed by atoms with Gasteiger partial charge in [-0.15, -0.1) is 0 Å². The molecule has 0 atom stereocenters. The molecular weight excluding hydrogens is 342 g/mol. The number of aromatic nitrogens is 1. The fourth-order valence-corrected chi connectivity index (χ4v) is 2.83.